The lowest BCUT2D eigenvalue weighted by Crippen LogP contribution is -2.58. The number of carbonyl (C=O) groups excluding carboxylic acids is 2. The van der Waals surface area contributed by atoms with Gasteiger partial charge < -0.3 is 19.4 Å². The van der Waals surface area contributed by atoms with Crippen molar-refractivity contribution < 1.29 is 24.0 Å². The largest absolute Gasteiger partial charge is 0.483 e. The summed E-state index contributed by atoms with van der Waals surface area (Å²) in [6.45, 7) is 3.84. The average Bonchev–Trinajstić information content (AvgIpc) is 3.03. The van der Waals surface area contributed by atoms with E-state index in [4.69, 9.17) is 14.4 Å². The molecule has 1 saturated heterocycles. The van der Waals surface area contributed by atoms with Gasteiger partial charge in [0.1, 0.15) is 19.1 Å². The van der Waals surface area contributed by atoms with Crippen LogP contribution in [0.1, 0.15) is 24.2 Å². The molecule has 2 heterocycles. The van der Waals surface area contributed by atoms with Gasteiger partial charge in [0, 0.05) is 6.54 Å². The number of benzene rings is 1. The number of carboxylic acid groups (broad SMARTS) is 1. The molecule has 1 aliphatic rings. The van der Waals surface area contributed by atoms with Crippen molar-refractivity contribution in [1.82, 2.24) is 19.9 Å². The minimum absolute atomic E-state index is 0.0607. The van der Waals surface area contributed by atoms with E-state index in [9.17, 15) is 9.59 Å². The van der Waals surface area contributed by atoms with Gasteiger partial charge in [-0.2, -0.15) is 4.98 Å². The molecular formula is C17H20N4O5. The quantitative estimate of drug-likeness (QED) is 0.803. The number of aryl methyl sites for hydroxylation is 1. The highest BCUT2D eigenvalue weighted by Crippen LogP contribution is 2.17. The van der Waals surface area contributed by atoms with Crippen molar-refractivity contribution in [2.75, 3.05) is 6.54 Å². The smallest absolute Gasteiger partial charge is 0.290 e. The predicted molar refractivity (Wildman–Crippen MR) is 89.6 cm³/mol. The normalized spacial score (nSPS) is 16.9. The fraction of sp³-hybridized carbons (Fsp3) is 0.353. The molecule has 0 saturated carbocycles. The van der Waals surface area contributed by atoms with Crippen LogP contribution in [-0.4, -0.2) is 55.9 Å². The first-order valence-electron chi connectivity index (χ1n) is 7.95. The van der Waals surface area contributed by atoms with Crippen LogP contribution < -0.4 is 0 Å². The Kier molecular flexibility index (Phi) is 6.42. The second-order valence-electron chi connectivity index (χ2n) is 5.72. The van der Waals surface area contributed by atoms with Gasteiger partial charge in [-0.1, -0.05) is 35.5 Å². The van der Waals surface area contributed by atoms with Crippen LogP contribution in [0.4, 0.5) is 0 Å². The zero-order valence-electron chi connectivity index (χ0n) is 14.5. The molecule has 0 unspecified atom stereocenters. The Morgan fingerprint density at radius 3 is 2.50 bits per heavy atom. The average molecular weight is 360 g/mol. The fourth-order valence-corrected chi connectivity index (χ4v) is 2.66. The van der Waals surface area contributed by atoms with Crippen LogP contribution in [0.5, 0.6) is 0 Å². The number of amides is 2. The minimum atomic E-state index is -0.549. The Morgan fingerprint density at radius 2 is 1.92 bits per heavy atom. The Labute approximate surface area is 150 Å². The molecule has 0 spiro atoms. The van der Waals surface area contributed by atoms with Gasteiger partial charge in [0.2, 0.25) is 17.7 Å². The molecule has 138 valence electrons. The Morgan fingerprint density at radius 1 is 1.27 bits per heavy atom. The summed E-state index contributed by atoms with van der Waals surface area (Å²) >= 11 is 0. The molecule has 0 radical (unpaired) electrons. The highest BCUT2D eigenvalue weighted by atomic mass is 16.5. The monoisotopic (exact) mass is 360 g/mol. The van der Waals surface area contributed by atoms with E-state index in [1.165, 1.54) is 4.90 Å². The molecule has 3 rings (SSSR count). The van der Waals surface area contributed by atoms with Gasteiger partial charge in [0.25, 0.3) is 6.47 Å². The van der Waals surface area contributed by atoms with Gasteiger partial charge in [-0.25, -0.2) is 0 Å². The SMILES string of the molecule is Cc1noc(CN2C(=O)CN(Cc3ccccc3)C(=O)[C@H]2C)n1.O=CO. The van der Waals surface area contributed by atoms with Crippen LogP contribution in [-0.2, 0) is 27.5 Å². The first-order valence-corrected chi connectivity index (χ1v) is 7.95. The fourth-order valence-electron chi connectivity index (χ4n) is 2.66. The summed E-state index contributed by atoms with van der Waals surface area (Å²) in [4.78, 5) is 40.5. The van der Waals surface area contributed by atoms with E-state index in [2.05, 4.69) is 10.1 Å². The zero-order valence-corrected chi connectivity index (χ0v) is 14.5. The lowest BCUT2D eigenvalue weighted by molar-refractivity contribution is -0.156. The van der Waals surface area contributed by atoms with Gasteiger partial charge in [-0.05, 0) is 19.4 Å². The summed E-state index contributed by atoms with van der Waals surface area (Å²) in [6.07, 6.45) is 0. The third-order valence-corrected chi connectivity index (χ3v) is 3.87. The number of nitrogens with zero attached hydrogens (tertiary/aromatic N) is 4. The number of carbonyl (C=O) groups is 3. The summed E-state index contributed by atoms with van der Waals surface area (Å²) in [5.41, 5.74) is 1.00. The van der Waals surface area contributed by atoms with Crippen LogP contribution in [0.15, 0.2) is 34.9 Å². The summed E-state index contributed by atoms with van der Waals surface area (Å²) in [6, 6.07) is 9.08. The van der Waals surface area contributed by atoms with Gasteiger partial charge in [0.05, 0.1) is 0 Å². The van der Waals surface area contributed by atoms with E-state index in [1.54, 1.807) is 18.7 Å². The second-order valence-corrected chi connectivity index (χ2v) is 5.72. The van der Waals surface area contributed by atoms with Crippen LogP contribution in [0, 0.1) is 6.92 Å². The van der Waals surface area contributed by atoms with Crippen molar-refractivity contribution in [2.24, 2.45) is 0 Å². The van der Waals surface area contributed by atoms with Crippen molar-refractivity contribution >= 4 is 18.3 Å². The standard InChI is InChI=1S/C16H18N4O3.CH2O2/c1-11-16(22)19(8-13-6-4-3-5-7-13)10-15(21)20(11)9-14-17-12(2)18-23-14;2-1-3/h3-7,11H,8-10H2,1-2H3;1H,(H,2,3)/t11-;/m1./s1. The van der Waals surface area contributed by atoms with Crippen LogP contribution >= 0.6 is 0 Å². The number of hydrogen-bond acceptors (Lipinski definition) is 6. The zero-order chi connectivity index (χ0) is 19.1. The number of piperazine rings is 1. The van der Waals surface area contributed by atoms with Gasteiger partial charge >= 0.3 is 0 Å². The van der Waals surface area contributed by atoms with Crippen molar-refractivity contribution in [2.45, 2.75) is 33.0 Å². The van der Waals surface area contributed by atoms with Crippen LogP contribution in [0.2, 0.25) is 0 Å². The van der Waals surface area contributed by atoms with Gasteiger partial charge in [-0.15, -0.1) is 0 Å². The molecule has 1 aromatic heterocycles. The lowest BCUT2D eigenvalue weighted by Gasteiger charge is -2.38. The van der Waals surface area contributed by atoms with Gasteiger partial charge in [0.15, 0.2) is 5.82 Å². The molecule has 0 aliphatic carbocycles. The van der Waals surface area contributed by atoms with Crippen molar-refractivity contribution in [1.29, 1.82) is 0 Å². The van der Waals surface area contributed by atoms with E-state index in [0.29, 0.717) is 18.3 Å². The van der Waals surface area contributed by atoms with E-state index in [-0.39, 0.29) is 31.4 Å². The topological polar surface area (TPSA) is 117 Å². The van der Waals surface area contributed by atoms with E-state index in [1.807, 2.05) is 30.3 Å². The highest BCUT2D eigenvalue weighted by molar-refractivity contribution is 5.94. The van der Waals surface area contributed by atoms with Gasteiger partial charge in [-0.3, -0.25) is 14.4 Å². The Hall–Kier alpha value is -3.23. The first kappa shape index (κ1) is 19.1. The summed E-state index contributed by atoms with van der Waals surface area (Å²) < 4.78 is 5.04. The summed E-state index contributed by atoms with van der Waals surface area (Å²) in [5, 5.41) is 10.6. The molecular weight excluding hydrogens is 340 g/mol. The van der Waals surface area contributed by atoms with Crippen LogP contribution in [0.25, 0.3) is 0 Å². The lowest BCUT2D eigenvalue weighted by atomic mass is 10.1. The Bertz CT molecular complexity index is 762. The number of rotatable bonds is 4. The molecule has 2 aromatic rings. The maximum Gasteiger partial charge on any atom is 0.290 e. The molecule has 1 aliphatic heterocycles. The first-order chi connectivity index (χ1) is 12.5. The van der Waals surface area contributed by atoms with E-state index < -0.39 is 6.04 Å². The van der Waals surface area contributed by atoms with Crippen molar-refractivity contribution in [3.05, 3.63) is 47.6 Å². The summed E-state index contributed by atoms with van der Waals surface area (Å²) in [5.74, 6) is 0.648. The highest BCUT2D eigenvalue weighted by Gasteiger charge is 2.37. The van der Waals surface area contributed by atoms with Crippen LogP contribution in [0.3, 0.4) is 0 Å². The molecule has 26 heavy (non-hydrogen) atoms. The van der Waals surface area contributed by atoms with E-state index >= 15 is 0 Å². The molecule has 2 amide bonds. The second kappa shape index (κ2) is 8.75. The molecule has 9 heteroatoms. The molecule has 1 atom stereocenters. The van der Waals surface area contributed by atoms with Crippen molar-refractivity contribution in [3.63, 3.8) is 0 Å². The number of hydrogen-bond donors (Lipinski definition) is 1. The summed E-state index contributed by atoms with van der Waals surface area (Å²) in [7, 11) is 0. The Balaban J connectivity index is 0.000000758. The maximum atomic E-state index is 12.5. The molecule has 9 nitrogen and oxygen atoms in total. The number of aromatic nitrogens is 2. The molecule has 1 N–H and O–H groups in total. The third-order valence-electron chi connectivity index (χ3n) is 3.87. The van der Waals surface area contributed by atoms with E-state index in [0.717, 1.165) is 5.56 Å². The minimum Gasteiger partial charge on any atom is -0.483 e. The molecule has 1 fully saturated rings. The van der Waals surface area contributed by atoms with Crippen molar-refractivity contribution in [3.8, 4) is 0 Å². The third kappa shape index (κ3) is 4.65. The predicted octanol–water partition coefficient (Wildman–Crippen LogP) is 0.838. The maximum absolute atomic E-state index is 12.5. The molecule has 1 aromatic carbocycles. The molecule has 0 bridgehead atoms.